The fraction of sp³-hybridized carbons (Fsp3) is 0.583. The Hall–Kier alpha value is -1.47. The maximum atomic E-state index is 12.0. The minimum atomic E-state index is -0.237. The summed E-state index contributed by atoms with van der Waals surface area (Å²) in [5.41, 5.74) is 5.30. The molecule has 7 heteroatoms. The molecule has 0 saturated carbocycles. The second-order valence-corrected chi connectivity index (χ2v) is 5.61. The molecule has 0 bridgehead atoms. The van der Waals surface area contributed by atoms with Crippen LogP contribution in [0.2, 0.25) is 0 Å². The van der Waals surface area contributed by atoms with Crippen molar-refractivity contribution in [2.75, 3.05) is 18.4 Å². The molecule has 1 atom stereocenters. The molecule has 0 aliphatic carbocycles. The smallest absolute Gasteiger partial charge is 0.243 e. The molecule has 6 nitrogen and oxygen atoms in total. The van der Waals surface area contributed by atoms with E-state index < -0.39 is 0 Å². The Morgan fingerprint density at radius 2 is 2.21 bits per heavy atom. The van der Waals surface area contributed by atoms with Crippen molar-refractivity contribution >= 4 is 28.3 Å². The van der Waals surface area contributed by atoms with Crippen LogP contribution in [0, 0.1) is 5.92 Å². The molecule has 19 heavy (non-hydrogen) atoms. The summed E-state index contributed by atoms with van der Waals surface area (Å²) in [5.74, 6) is -0.350. The number of nitrogens with two attached hydrogens (primary N) is 1. The fourth-order valence-electron chi connectivity index (χ4n) is 2.23. The van der Waals surface area contributed by atoms with Crippen LogP contribution in [0.25, 0.3) is 0 Å². The van der Waals surface area contributed by atoms with Gasteiger partial charge in [-0.15, -0.1) is 11.3 Å². The molecule has 1 aromatic rings. The predicted molar refractivity (Wildman–Crippen MR) is 73.7 cm³/mol. The van der Waals surface area contributed by atoms with E-state index in [9.17, 15) is 9.59 Å². The number of rotatable bonds is 4. The van der Waals surface area contributed by atoms with Gasteiger partial charge in [-0.2, -0.15) is 0 Å². The zero-order valence-corrected chi connectivity index (χ0v) is 11.7. The topological polar surface area (TPSA) is 88.3 Å². The van der Waals surface area contributed by atoms with Crippen molar-refractivity contribution in [1.29, 1.82) is 0 Å². The Kier molecular flexibility index (Phi) is 4.49. The summed E-state index contributed by atoms with van der Waals surface area (Å²) in [6.45, 7) is 3.31. The Morgan fingerprint density at radius 1 is 1.53 bits per heavy atom. The molecule has 0 spiro atoms. The lowest BCUT2D eigenvalue weighted by Crippen LogP contribution is -2.47. The summed E-state index contributed by atoms with van der Waals surface area (Å²) in [6.07, 6.45) is 3.11. The average Bonchev–Trinajstić information content (AvgIpc) is 2.90. The van der Waals surface area contributed by atoms with Crippen LogP contribution >= 0.6 is 11.3 Å². The molecular weight excluding hydrogens is 264 g/mol. The normalized spacial score (nSPS) is 19.0. The molecule has 3 N–H and O–H groups in total. The van der Waals surface area contributed by atoms with Crippen LogP contribution in [0.15, 0.2) is 11.6 Å². The van der Waals surface area contributed by atoms with Gasteiger partial charge in [-0.25, -0.2) is 4.98 Å². The summed E-state index contributed by atoms with van der Waals surface area (Å²) in [4.78, 5) is 29.2. The minimum Gasteiger partial charge on any atom is -0.369 e. The van der Waals surface area contributed by atoms with E-state index in [1.165, 1.54) is 11.3 Å². The van der Waals surface area contributed by atoms with Gasteiger partial charge in [0.1, 0.15) is 0 Å². The first-order valence-corrected chi connectivity index (χ1v) is 7.19. The zero-order valence-electron chi connectivity index (χ0n) is 10.8. The average molecular weight is 282 g/mol. The number of carbonyl (C=O) groups excluding carboxylic acids is 2. The maximum Gasteiger partial charge on any atom is 0.243 e. The molecule has 0 unspecified atom stereocenters. The third-order valence-electron chi connectivity index (χ3n) is 3.52. The van der Waals surface area contributed by atoms with Gasteiger partial charge in [-0.05, 0) is 32.9 Å². The predicted octanol–water partition coefficient (Wildman–Crippen LogP) is 0.667. The van der Waals surface area contributed by atoms with Crippen LogP contribution in [0.4, 0.5) is 5.13 Å². The number of hydrogen-bond donors (Lipinski definition) is 2. The number of nitrogens with zero attached hydrogens (tertiary/aromatic N) is 2. The van der Waals surface area contributed by atoms with Gasteiger partial charge in [0, 0.05) is 17.5 Å². The van der Waals surface area contributed by atoms with E-state index in [4.69, 9.17) is 5.73 Å². The van der Waals surface area contributed by atoms with E-state index in [-0.39, 0.29) is 23.8 Å². The molecule has 0 radical (unpaired) electrons. The van der Waals surface area contributed by atoms with Gasteiger partial charge in [-0.3, -0.25) is 14.5 Å². The third kappa shape index (κ3) is 3.51. The summed E-state index contributed by atoms with van der Waals surface area (Å²) < 4.78 is 0. The number of nitrogens with one attached hydrogen (secondary N) is 1. The minimum absolute atomic E-state index is 0.0505. The van der Waals surface area contributed by atoms with Gasteiger partial charge in [0.15, 0.2) is 5.13 Å². The van der Waals surface area contributed by atoms with E-state index in [1.807, 2.05) is 12.3 Å². The summed E-state index contributed by atoms with van der Waals surface area (Å²) in [7, 11) is 0. The van der Waals surface area contributed by atoms with Gasteiger partial charge < -0.3 is 11.1 Å². The fourth-order valence-corrected chi connectivity index (χ4v) is 2.76. The van der Waals surface area contributed by atoms with Crippen molar-refractivity contribution in [3.05, 3.63) is 11.6 Å². The van der Waals surface area contributed by atoms with Crippen LogP contribution in [-0.4, -0.2) is 40.8 Å². The summed E-state index contributed by atoms with van der Waals surface area (Å²) >= 11 is 1.40. The SMILES string of the molecule is C[C@H](C(=O)Nc1nccs1)N1CCC(C(N)=O)CC1. The first kappa shape index (κ1) is 14.0. The van der Waals surface area contributed by atoms with Gasteiger partial charge in [0.05, 0.1) is 6.04 Å². The number of thiazole rings is 1. The van der Waals surface area contributed by atoms with Crippen LogP contribution in [0.3, 0.4) is 0 Å². The number of amides is 2. The Bertz CT molecular complexity index is 441. The molecule has 2 amide bonds. The molecular formula is C12H18N4O2S. The highest BCUT2D eigenvalue weighted by Crippen LogP contribution is 2.19. The Labute approximate surface area is 116 Å². The first-order chi connectivity index (χ1) is 9.08. The first-order valence-electron chi connectivity index (χ1n) is 6.31. The second kappa shape index (κ2) is 6.12. The lowest BCUT2D eigenvalue weighted by atomic mass is 9.95. The van der Waals surface area contributed by atoms with Crippen molar-refractivity contribution in [3.8, 4) is 0 Å². The van der Waals surface area contributed by atoms with E-state index in [1.54, 1.807) is 6.20 Å². The van der Waals surface area contributed by atoms with Crippen LogP contribution in [-0.2, 0) is 9.59 Å². The van der Waals surface area contributed by atoms with Crippen LogP contribution in [0.5, 0.6) is 0 Å². The molecule has 0 aromatic carbocycles. The number of piperidine rings is 1. The van der Waals surface area contributed by atoms with E-state index in [2.05, 4.69) is 15.2 Å². The van der Waals surface area contributed by atoms with Crippen molar-refractivity contribution in [2.45, 2.75) is 25.8 Å². The number of primary amides is 1. The van der Waals surface area contributed by atoms with E-state index in [0.29, 0.717) is 5.13 Å². The van der Waals surface area contributed by atoms with Gasteiger partial charge >= 0.3 is 0 Å². The van der Waals surface area contributed by atoms with Gasteiger partial charge in [0.25, 0.3) is 0 Å². The molecule has 2 rings (SSSR count). The highest BCUT2D eigenvalue weighted by Gasteiger charge is 2.28. The number of anilines is 1. The van der Waals surface area contributed by atoms with Crippen LogP contribution in [0.1, 0.15) is 19.8 Å². The number of carbonyl (C=O) groups is 2. The Balaban J connectivity index is 1.85. The quantitative estimate of drug-likeness (QED) is 0.849. The largest absolute Gasteiger partial charge is 0.369 e. The van der Waals surface area contributed by atoms with Crippen molar-refractivity contribution < 1.29 is 9.59 Å². The molecule has 1 fully saturated rings. The Morgan fingerprint density at radius 3 is 2.74 bits per heavy atom. The summed E-state index contributed by atoms with van der Waals surface area (Å²) in [6, 6.07) is -0.224. The summed E-state index contributed by atoms with van der Waals surface area (Å²) in [5, 5.41) is 5.22. The molecule has 104 valence electrons. The van der Waals surface area contributed by atoms with Crippen molar-refractivity contribution in [2.24, 2.45) is 11.7 Å². The number of hydrogen-bond acceptors (Lipinski definition) is 5. The lowest BCUT2D eigenvalue weighted by molar-refractivity contribution is -0.124. The standard InChI is InChI=1S/C12H18N4O2S/c1-8(11(18)15-12-14-4-7-19-12)16-5-2-9(3-6-16)10(13)17/h4,7-9H,2-3,5-6H2,1H3,(H2,13,17)(H,14,15,18)/t8-/m1/s1. The maximum absolute atomic E-state index is 12.0. The molecule has 1 saturated heterocycles. The zero-order chi connectivity index (χ0) is 13.8. The highest BCUT2D eigenvalue weighted by molar-refractivity contribution is 7.13. The highest BCUT2D eigenvalue weighted by atomic mass is 32.1. The van der Waals surface area contributed by atoms with Crippen molar-refractivity contribution in [3.63, 3.8) is 0 Å². The molecule has 1 aromatic heterocycles. The van der Waals surface area contributed by atoms with Crippen LogP contribution < -0.4 is 11.1 Å². The van der Waals surface area contributed by atoms with E-state index in [0.717, 1.165) is 25.9 Å². The van der Waals surface area contributed by atoms with Crippen molar-refractivity contribution in [1.82, 2.24) is 9.88 Å². The molecule has 2 heterocycles. The third-order valence-corrected chi connectivity index (χ3v) is 4.21. The monoisotopic (exact) mass is 282 g/mol. The van der Waals surface area contributed by atoms with Gasteiger partial charge in [0.2, 0.25) is 11.8 Å². The molecule has 1 aliphatic heterocycles. The number of likely N-dealkylation sites (tertiary alicyclic amines) is 1. The molecule has 1 aliphatic rings. The van der Waals surface area contributed by atoms with Gasteiger partial charge in [-0.1, -0.05) is 0 Å². The number of aromatic nitrogens is 1. The second-order valence-electron chi connectivity index (χ2n) is 4.72. The van der Waals surface area contributed by atoms with E-state index >= 15 is 0 Å². The lowest BCUT2D eigenvalue weighted by Gasteiger charge is -2.34.